The molecular formula is C29H39FN2O4. The smallest absolute Gasteiger partial charge is 0.225 e. The molecule has 4 rings (SSSR count). The summed E-state index contributed by atoms with van der Waals surface area (Å²) in [6.45, 7) is 5.70. The molecular weight excluding hydrogens is 459 g/mol. The number of piperidine rings is 1. The average Bonchev–Trinajstić information content (AvgIpc) is 2.89. The molecule has 1 amide bonds. The van der Waals surface area contributed by atoms with Crippen LogP contribution in [-0.4, -0.2) is 68.8 Å². The molecule has 1 fully saturated rings. The third-order valence-corrected chi connectivity index (χ3v) is 7.38. The molecule has 0 aliphatic carbocycles. The van der Waals surface area contributed by atoms with Crippen molar-refractivity contribution in [2.45, 2.75) is 45.1 Å². The van der Waals surface area contributed by atoms with E-state index in [4.69, 9.17) is 14.2 Å². The molecule has 0 saturated carbocycles. The van der Waals surface area contributed by atoms with Gasteiger partial charge in [-0.1, -0.05) is 24.6 Å². The van der Waals surface area contributed by atoms with Gasteiger partial charge in [0.05, 0.1) is 26.2 Å². The summed E-state index contributed by atoms with van der Waals surface area (Å²) in [7, 11) is 2.12. The first-order chi connectivity index (χ1) is 17.5. The van der Waals surface area contributed by atoms with Gasteiger partial charge in [-0.15, -0.1) is 0 Å². The Morgan fingerprint density at radius 3 is 2.58 bits per heavy atom. The summed E-state index contributed by atoms with van der Waals surface area (Å²) in [5, 5.41) is 0. The highest BCUT2D eigenvalue weighted by molar-refractivity contribution is 5.76. The molecule has 0 bridgehead atoms. The fourth-order valence-corrected chi connectivity index (χ4v) is 5.04. The number of fused-ring (bicyclic) bond motifs is 1. The topological polar surface area (TPSA) is 51.2 Å². The molecule has 0 atom stereocenters. The second kappa shape index (κ2) is 13.1. The lowest BCUT2D eigenvalue weighted by atomic mass is 9.75. The average molecular weight is 499 g/mol. The number of ether oxygens (including phenoxy) is 3. The Morgan fingerprint density at radius 1 is 1.00 bits per heavy atom. The molecule has 196 valence electrons. The van der Waals surface area contributed by atoms with Crippen molar-refractivity contribution in [3.8, 4) is 11.5 Å². The summed E-state index contributed by atoms with van der Waals surface area (Å²) in [6, 6.07) is 14.2. The van der Waals surface area contributed by atoms with Gasteiger partial charge in [0.25, 0.3) is 0 Å². The first-order valence-electron chi connectivity index (χ1n) is 13.2. The van der Waals surface area contributed by atoms with Gasteiger partial charge in [0, 0.05) is 43.8 Å². The molecule has 0 N–H and O–H groups in total. The fraction of sp³-hybridized carbons (Fsp3) is 0.552. The largest absolute Gasteiger partial charge is 0.493 e. The maximum absolute atomic E-state index is 13.0. The number of halogens is 1. The number of carbonyl (C=O) groups excluding carboxylic acids is 1. The Morgan fingerprint density at radius 2 is 1.78 bits per heavy atom. The number of hydrogen-bond acceptors (Lipinski definition) is 5. The number of nitrogens with zero attached hydrogens (tertiary/aromatic N) is 2. The van der Waals surface area contributed by atoms with Crippen molar-refractivity contribution in [1.29, 1.82) is 0 Å². The summed E-state index contributed by atoms with van der Waals surface area (Å²) in [5.74, 6) is 1.34. The minimum Gasteiger partial charge on any atom is -0.493 e. The third-order valence-electron chi connectivity index (χ3n) is 7.38. The van der Waals surface area contributed by atoms with Crippen LogP contribution in [0.3, 0.4) is 0 Å². The predicted molar refractivity (Wildman–Crippen MR) is 138 cm³/mol. The Kier molecular flexibility index (Phi) is 9.59. The van der Waals surface area contributed by atoms with E-state index in [1.54, 1.807) is 12.1 Å². The number of benzene rings is 2. The molecule has 6 nitrogen and oxygen atoms in total. The molecule has 0 unspecified atom stereocenters. The standard InChI is InChI=1S/C29H39FN2O4/c1-31-18-21-34-19-5-4-13-29(23-36-27-7-3-2-6-24(27)22-31)14-16-32(17-15-29)28(33)12-20-35-26-10-8-25(30)9-11-26/h2-3,6-11H,4-5,12-23H2,1H3. The lowest BCUT2D eigenvalue weighted by Crippen LogP contribution is -2.46. The highest BCUT2D eigenvalue weighted by atomic mass is 19.1. The Hall–Kier alpha value is -2.64. The number of para-hydroxylation sites is 1. The highest BCUT2D eigenvalue weighted by Crippen LogP contribution is 2.38. The molecule has 0 radical (unpaired) electrons. The molecule has 2 aliphatic heterocycles. The van der Waals surface area contributed by atoms with Crippen LogP contribution in [0.15, 0.2) is 48.5 Å². The maximum Gasteiger partial charge on any atom is 0.225 e. The van der Waals surface area contributed by atoms with E-state index < -0.39 is 0 Å². The van der Waals surface area contributed by atoms with E-state index in [1.165, 1.54) is 17.7 Å². The Balaban J connectivity index is 1.33. The van der Waals surface area contributed by atoms with Gasteiger partial charge in [-0.25, -0.2) is 4.39 Å². The van der Waals surface area contributed by atoms with Crippen LogP contribution in [0.2, 0.25) is 0 Å². The van der Waals surface area contributed by atoms with Crippen LogP contribution < -0.4 is 9.47 Å². The number of likely N-dealkylation sites (N-methyl/N-ethyl adjacent to an activating group) is 1. The van der Waals surface area contributed by atoms with Crippen molar-refractivity contribution < 1.29 is 23.4 Å². The van der Waals surface area contributed by atoms with Gasteiger partial charge in [0.1, 0.15) is 17.3 Å². The molecule has 0 aromatic heterocycles. The molecule has 2 aromatic carbocycles. The molecule has 2 heterocycles. The van der Waals surface area contributed by atoms with E-state index in [9.17, 15) is 9.18 Å². The Bertz CT molecular complexity index is 960. The van der Waals surface area contributed by atoms with Crippen molar-refractivity contribution in [3.05, 3.63) is 59.9 Å². The van der Waals surface area contributed by atoms with Gasteiger partial charge in [-0.05, 0) is 63.1 Å². The van der Waals surface area contributed by atoms with E-state index in [-0.39, 0.29) is 17.1 Å². The maximum atomic E-state index is 13.0. The minimum atomic E-state index is -0.300. The van der Waals surface area contributed by atoms with Crippen molar-refractivity contribution in [2.75, 3.05) is 53.1 Å². The Labute approximate surface area is 214 Å². The zero-order valence-electron chi connectivity index (χ0n) is 21.4. The van der Waals surface area contributed by atoms with Gasteiger partial charge in [0.2, 0.25) is 5.91 Å². The zero-order valence-corrected chi connectivity index (χ0v) is 21.4. The van der Waals surface area contributed by atoms with Gasteiger partial charge < -0.3 is 19.1 Å². The summed E-state index contributed by atoms with van der Waals surface area (Å²) < 4.78 is 31.0. The zero-order chi connectivity index (χ0) is 25.2. The normalized spacial score (nSPS) is 19.7. The van der Waals surface area contributed by atoms with Crippen LogP contribution in [0.1, 0.15) is 44.1 Å². The van der Waals surface area contributed by atoms with Crippen LogP contribution >= 0.6 is 0 Å². The molecule has 1 saturated heterocycles. The van der Waals surface area contributed by atoms with E-state index >= 15 is 0 Å². The van der Waals surface area contributed by atoms with Crippen LogP contribution in [-0.2, 0) is 16.1 Å². The summed E-state index contributed by atoms with van der Waals surface area (Å²) >= 11 is 0. The van der Waals surface area contributed by atoms with Crippen LogP contribution in [0.4, 0.5) is 4.39 Å². The number of amides is 1. The van der Waals surface area contributed by atoms with E-state index in [1.807, 2.05) is 11.0 Å². The van der Waals surface area contributed by atoms with Gasteiger partial charge >= 0.3 is 0 Å². The van der Waals surface area contributed by atoms with Crippen LogP contribution in [0, 0.1) is 11.2 Å². The number of hydrogen-bond donors (Lipinski definition) is 0. The van der Waals surface area contributed by atoms with Crippen molar-refractivity contribution in [2.24, 2.45) is 5.41 Å². The summed E-state index contributed by atoms with van der Waals surface area (Å²) in [4.78, 5) is 17.0. The number of carbonyl (C=O) groups is 1. The van der Waals surface area contributed by atoms with Crippen molar-refractivity contribution in [1.82, 2.24) is 9.80 Å². The monoisotopic (exact) mass is 498 g/mol. The molecule has 1 spiro atoms. The highest BCUT2D eigenvalue weighted by Gasteiger charge is 2.36. The van der Waals surface area contributed by atoms with Crippen LogP contribution in [0.25, 0.3) is 0 Å². The SMILES string of the molecule is CN1CCOCCCCC2(CCN(C(=O)CCOc3ccc(F)cc3)CC2)COc2ccccc2C1. The fourth-order valence-electron chi connectivity index (χ4n) is 5.04. The molecule has 2 aromatic rings. The van der Waals surface area contributed by atoms with Gasteiger partial charge in [0.15, 0.2) is 0 Å². The first-order valence-corrected chi connectivity index (χ1v) is 13.2. The van der Waals surface area contributed by atoms with E-state index in [0.29, 0.717) is 25.4 Å². The van der Waals surface area contributed by atoms with Crippen molar-refractivity contribution in [3.63, 3.8) is 0 Å². The summed E-state index contributed by atoms with van der Waals surface area (Å²) in [6.07, 6.45) is 5.40. The third kappa shape index (κ3) is 7.68. The second-order valence-electron chi connectivity index (χ2n) is 10.1. The van der Waals surface area contributed by atoms with E-state index in [2.05, 4.69) is 30.1 Å². The van der Waals surface area contributed by atoms with Crippen LogP contribution in [0.5, 0.6) is 11.5 Å². The molecule has 36 heavy (non-hydrogen) atoms. The first kappa shape index (κ1) is 26.4. The number of likely N-dealkylation sites (tertiary alicyclic amines) is 1. The number of rotatable bonds is 4. The molecule has 7 heteroatoms. The van der Waals surface area contributed by atoms with Crippen molar-refractivity contribution >= 4 is 5.91 Å². The minimum absolute atomic E-state index is 0.0600. The van der Waals surface area contributed by atoms with E-state index in [0.717, 1.165) is 77.2 Å². The molecule has 2 aliphatic rings. The lowest BCUT2D eigenvalue weighted by Gasteiger charge is -2.42. The quantitative estimate of drug-likeness (QED) is 0.599. The van der Waals surface area contributed by atoms with Gasteiger partial charge in [-0.3, -0.25) is 9.69 Å². The second-order valence-corrected chi connectivity index (χ2v) is 10.1. The predicted octanol–water partition coefficient (Wildman–Crippen LogP) is 4.91. The lowest BCUT2D eigenvalue weighted by molar-refractivity contribution is -0.134. The van der Waals surface area contributed by atoms with Gasteiger partial charge in [-0.2, -0.15) is 0 Å². The summed E-state index contributed by atoms with van der Waals surface area (Å²) in [5.41, 5.74) is 1.26.